The minimum Gasteiger partial charge on any atom is -0.486 e. The third-order valence-corrected chi connectivity index (χ3v) is 8.26. The van der Waals surface area contributed by atoms with Crippen molar-refractivity contribution in [3.8, 4) is 11.5 Å². The summed E-state index contributed by atoms with van der Waals surface area (Å²) in [5.41, 5.74) is 1.09. The lowest BCUT2D eigenvalue weighted by Gasteiger charge is -2.19. The van der Waals surface area contributed by atoms with Gasteiger partial charge in [-0.2, -0.15) is 5.10 Å². The van der Waals surface area contributed by atoms with Crippen molar-refractivity contribution >= 4 is 25.5 Å². The van der Waals surface area contributed by atoms with E-state index in [1.807, 2.05) is 0 Å². The van der Waals surface area contributed by atoms with E-state index < -0.39 is 19.9 Å². The molecule has 1 N–H and O–H groups in total. The van der Waals surface area contributed by atoms with E-state index in [4.69, 9.17) is 9.47 Å². The summed E-state index contributed by atoms with van der Waals surface area (Å²) in [7, 11) is -7.03. The van der Waals surface area contributed by atoms with Crippen molar-refractivity contribution in [1.82, 2.24) is 9.78 Å². The lowest BCUT2D eigenvalue weighted by Crippen LogP contribution is -2.18. The van der Waals surface area contributed by atoms with Crippen molar-refractivity contribution in [2.45, 2.75) is 31.2 Å². The molecule has 1 saturated heterocycles. The van der Waals surface area contributed by atoms with E-state index in [0.717, 1.165) is 0 Å². The molecule has 1 aromatic heterocycles. The Morgan fingerprint density at radius 3 is 2.57 bits per heavy atom. The smallest absolute Gasteiger partial charge is 0.265 e. The first-order valence-electron chi connectivity index (χ1n) is 8.85. The number of sulfonamides is 1. The van der Waals surface area contributed by atoms with Gasteiger partial charge >= 0.3 is 0 Å². The Morgan fingerprint density at radius 2 is 1.89 bits per heavy atom. The number of rotatable bonds is 4. The zero-order chi connectivity index (χ0) is 20.1. The summed E-state index contributed by atoms with van der Waals surface area (Å²) < 4.78 is 64.6. The van der Waals surface area contributed by atoms with E-state index in [1.165, 1.54) is 4.68 Å². The summed E-state index contributed by atoms with van der Waals surface area (Å²) in [5, 5.41) is 4.32. The van der Waals surface area contributed by atoms with Crippen LogP contribution in [-0.4, -0.2) is 51.3 Å². The van der Waals surface area contributed by atoms with Crippen LogP contribution < -0.4 is 14.2 Å². The molecule has 0 unspecified atom stereocenters. The van der Waals surface area contributed by atoms with Crippen molar-refractivity contribution in [3.05, 3.63) is 29.6 Å². The van der Waals surface area contributed by atoms with E-state index in [0.29, 0.717) is 48.2 Å². The molecule has 0 bridgehead atoms. The van der Waals surface area contributed by atoms with E-state index in [1.54, 1.807) is 32.0 Å². The lowest BCUT2D eigenvalue weighted by atomic mass is 10.2. The number of ether oxygens (including phenoxy) is 2. The van der Waals surface area contributed by atoms with E-state index in [-0.39, 0.29) is 22.4 Å². The van der Waals surface area contributed by atoms with Gasteiger partial charge in [-0.3, -0.25) is 9.40 Å². The molecule has 2 aromatic rings. The number of fused-ring (bicyclic) bond motifs is 1. The quantitative estimate of drug-likeness (QED) is 0.784. The van der Waals surface area contributed by atoms with Crippen LogP contribution in [-0.2, 0) is 19.9 Å². The van der Waals surface area contributed by atoms with E-state index >= 15 is 0 Å². The van der Waals surface area contributed by atoms with Gasteiger partial charge in [-0.25, -0.2) is 16.8 Å². The molecule has 3 heterocycles. The summed E-state index contributed by atoms with van der Waals surface area (Å²) in [6.07, 6.45) is 0.430. The van der Waals surface area contributed by atoms with Crippen LogP contribution in [0.3, 0.4) is 0 Å². The fraction of sp³-hybridized carbons (Fsp3) is 0.471. The van der Waals surface area contributed by atoms with Gasteiger partial charge in [0.15, 0.2) is 21.3 Å². The molecule has 4 rings (SSSR count). The van der Waals surface area contributed by atoms with Gasteiger partial charge in [-0.05, 0) is 32.4 Å². The molecular weight excluding hydrogens is 406 g/mol. The van der Waals surface area contributed by atoms with Crippen LogP contribution in [0.5, 0.6) is 11.5 Å². The van der Waals surface area contributed by atoms with Crippen molar-refractivity contribution < 1.29 is 26.3 Å². The predicted octanol–water partition coefficient (Wildman–Crippen LogP) is 1.43. The van der Waals surface area contributed by atoms with Gasteiger partial charge in [0.25, 0.3) is 10.0 Å². The number of nitrogens with zero attached hydrogens (tertiary/aromatic N) is 2. The van der Waals surface area contributed by atoms with Gasteiger partial charge < -0.3 is 9.47 Å². The summed E-state index contributed by atoms with van der Waals surface area (Å²) >= 11 is 0. The largest absolute Gasteiger partial charge is 0.486 e. The van der Waals surface area contributed by atoms with E-state index in [2.05, 4.69) is 9.82 Å². The second-order valence-corrected chi connectivity index (χ2v) is 10.8. The summed E-state index contributed by atoms with van der Waals surface area (Å²) in [4.78, 5) is 0.0617. The van der Waals surface area contributed by atoms with Gasteiger partial charge in [0.2, 0.25) is 0 Å². The second-order valence-electron chi connectivity index (χ2n) is 6.97. The monoisotopic (exact) mass is 427 g/mol. The topological polar surface area (TPSA) is 117 Å². The molecular formula is C17H21N3O6S2. The van der Waals surface area contributed by atoms with E-state index in [9.17, 15) is 16.8 Å². The Balaban J connectivity index is 1.65. The highest BCUT2D eigenvalue weighted by Gasteiger charge is 2.34. The molecule has 0 aliphatic carbocycles. The maximum Gasteiger partial charge on any atom is 0.265 e. The van der Waals surface area contributed by atoms with Gasteiger partial charge in [0.1, 0.15) is 18.1 Å². The molecule has 1 atom stereocenters. The Kier molecular flexibility index (Phi) is 4.53. The molecule has 0 amide bonds. The minimum atomic E-state index is -3.92. The fourth-order valence-corrected chi connectivity index (χ4v) is 6.82. The molecule has 0 radical (unpaired) electrons. The molecule has 2 aliphatic rings. The lowest BCUT2D eigenvalue weighted by molar-refractivity contribution is 0.171. The zero-order valence-electron chi connectivity index (χ0n) is 15.5. The number of benzene rings is 1. The van der Waals surface area contributed by atoms with Crippen LogP contribution >= 0.6 is 0 Å². The van der Waals surface area contributed by atoms with Crippen LogP contribution in [0.1, 0.15) is 23.9 Å². The van der Waals surface area contributed by atoms with Crippen molar-refractivity contribution in [3.63, 3.8) is 0 Å². The third kappa shape index (κ3) is 3.44. The van der Waals surface area contributed by atoms with Crippen molar-refractivity contribution in [2.24, 2.45) is 0 Å². The van der Waals surface area contributed by atoms with Crippen LogP contribution in [0.15, 0.2) is 23.1 Å². The number of aryl methyl sites for hydroxylation is 1. The van der Waals surface area contributed by atoms with Gasteiger partial charge in [0.05, 0.1) is 34.6 Å². The van der Waals surface area contributed by atoms with Crippen LogP contribution in [0.2, 0.25) is 0 Å². The zero-order valence-corrected chi connectivity index (χ0v) is 17.1. The number of hydrogen-bond acceptors (Lipinski definition) is 7. The highest BCUT2D eigenvalue weighted by atomic mass is 32.2. The van der Waals surface area contributed by atoms with Crippen LogP contribution in [0, 0.1) is 13.8 Å². The molecule has 1 fully saturated rings. The second kappa shape index (κ2) is 6.66. The molecule has 9 nitrogen and oxygen atoms in total. The number of anilines is 1. The number of nitrogens with one attached hydrogen (secondary N) is 1. The molecule has 2 aliphatic heterocycles. The number of aromatic nitrogens is 2. The predicted molar refractivity (Wildman–Crippen MR) is 102 cm³/mol. The third-order valence-electron chi connectivity index (χ3n) is 4.88. The van der Waals surface area contributed by atoms with Crippen molar-refractivity contribution in [2.75, 3.05) is 29.4 Å². The van der Waals surface area contributed by atoms with Crippen LogP contribution in [0.4, 0.5) is 5.69 Å². The number of hydrogen-bond donors (Lipinski definition) is 1. The Bertz CT molecular complexity index is 1140. The molecule has 11 heteroatoms. The molecule has 0 saturated carbocycles. The first-order chi connectivity index (χ1) is 13.2. The highest BCUT2D eigenvalue weighted by molar-refractivity contribution is 7.92. The molecule has 0 spiro atoms. The average Bonchev–Trinajstić information content (AvgIpc) is 3.13. The first-order valence-corrected chi connectivity index (χ1v) is 12.2. The fourth-order valence-electron chi connectivity index (χ4n) is 3.67. The average molecular weight is 428 g/mol. The van der Waals surface area contributed by atoms with Crippen LogP contribution in [0.25, 0.3) is 0 Å². The van der Waals surface area contributed by atoms with Crippen molar-refractivity contribution in [1.29, 1.82) is 0 Å². The Morgan fingerprint density at radius 1 is 1.18 bits per heavy atom. The summed E-state index contributed by atoms with van der Waals surface area (Å²) in [5.74, 6) is 1.11. The van der Waals surface area contributed by atoms with Gasteiger partial charge in [-0.15, -0.1) is 0 Å². The highest BCUT2D eigenvalue weighted by Crippen LogP contribution is 2.34. The Hall–Kier alpha value is -2.27. The first kappa shape index (κ1) is 19.1. The summed E-state index contributed by atoms with van der Waals surface area (Å²) in [6, 6.07) is 4.48. The number of sulfone groups is 1. The maximum atomic E-state index is 13.0. The normalized spacial score (nSPS) is 20.9. The molecule has 152 valence electrons. The standard InChI is InChI=1S/C17H21N3O6S2/c1-11-17(12(2)20(18-11)14-5-8-27(21,22)10-14)28(23,24)19-13-3-4-15-16(9-13)26-7-6-25-15/h3-4,9,14,19H,5-8,10H2,1-2H3/t14-/m1/s1. The summed E-state index contributed by atoms with van der Waals surface area (Å²) in [6.45, 7) is 4.10. The SMILES string of the molecule is Cc1nn([C@@H]2CCS(=O)(=O)C2)c(C)c1S(=O)(=O)Nc1ccc2c(c1)OCCO2. The Labute approximate surface area is 163 Å². The molecule has 28 heavy (non-hydrogen) atoms. The maximum absolute atomic E-state index is 13.0. The molecule has 1 aromatic carbocycles. The van der Waals surface area contributed by atoms with Gasteiger partial charge in [-0.1, -0.05) is 0 Å². The minimum absolute atomic E-state index is 0.0238. The van der Waals surface area contributed by atoms with Gasteiger partial charge in [0, 0.05) is 6.07 Å².